The average Bonchev–Trinajstić information content (AvgIpc) is 3.41. The number of anilines is 1. The van der Waals surface area contributed by atoms with Crippen molar-refractivity contribution in [1.29, 1.82) is 0 Å². The molecule has 0 saturated carbocycles. The topological polar surface area (TPSA) is 76.5 Å². The number of hydrogen-bond donors (Lipinski definition) is 1. The molecule has 1 aromatic heterocycles. The summed E-state index contributed by atoms with van der Waals surface area (Å²) < 4.78 is 7.14. The molecule has 1 aliphatic rings. The van der Waals surface area contributed by atoms with Crippen molar-refractivity contribution in [2.24, 2.45) is 7.05 Å². The summed E-state index contributed by atoms with van der Waals surface area (Å²) >= 11 is 0. The molecule has 7 nitrogen and oxygen atoms in total. The Morgan fingerprint density at radius 1 is 1.16 bits per heavy atom. The molecule has 2 aromatic carbocycles. The summed E-state index contributed by atoms with van der Waals surface area (Å²) in [5.41, 5.74) is 2.70. The van der Waals surface area contributed by atoms with E-state index >= 15 is 0 Å². The van der Waals surface area contributed by atoms with Crippen LogP contribution >= 0.6 is 0 Å². The summed E-state index contributed by atoms with van der Waals surface area (Å²) in [4.78, 5) is 31.0. The van der Waals surface area contributed by atoms with Crippen LogP contribution in [-0.2, 0) is 23.1 Å². The average molecular weight is 418 g/mol. The van der Waals surface area contributed by atoms with Crippen molar-refractivity contribution >= 4 is 17.5 Å². The number of hydrogen-bond acceptors (Lipinski definition) is 4. The quantitative estimate of drug-likeness (QED) is 0.640. The van der Waals surface area contributed by atoms with Gasteiger partial charge in [-0.15, -0.1) is 0 Å². The highest BCUT2D eigenvalue weighted by molar-refractivity contribution is 5.95. The molecule has 2 amide bonds. The van der Waals surface area contributed by atoms with E-state index in [1.807, 2.05) is 66.3 Å². The number of methoxy groups -OCH3 is 1. The van der Waals surface area contributed by atoms with Crippen LogP contribution in [0.2, 0.25) is 0 Å². The summed E-state index contributed by atoms with van der Waals surface area (Å²) in [7, 11) is 3.53. The van der Waals surface area contributed by atoms with Crippen molar-refractivity contribution in [3.8, 4) is 5.75 Å². The number of carbonyl (C=O) groups excluding carboxylic acids is 2. The van der Waals surface area contributed by atoms with Gasteiger partial charge in [0.2, 0.25) is 11.8 Å². The monoisotopic (exact) mass is 418 g/mol. The number of imidazole rings is 1. The Morgan fingerprint density at radius 2 is 1.90 bits per heavy atom. The summed E-state index contributed by atoms with van der Waals surface area (Å²) in [6.45, 7) is 0.756. The first-order chi connectivity index (χ1) is 15.0. The number of nitrogens with zero attached hydrogens (tertiary/aromatic N) is 3. The second-order valence-electron chi connectivity index (χ2n) is 7.66. The lowest BCUT2D eigenvalue weighted by Gasteiger charge is -2.20. The standard InChI is InChI=1S/C24H26N4O3/c1-27-15-13-25-24(27)23(18-7-11-20(31-2)12-8-18)26-21(29)16-17-5-9-19(10-6-17)28-14-3-4-22(28)30/h5-13,15,23H,3-4,14,16H2,1-2H3,(H,26,29)/t23-/m1/s1. The van der Waals surface area contributed by atoms with Gasteiger partial charge in [-0.2, -0.15) is 0 Å². The lowest BCUT2D eigenvalue weighted by Crippen LogP contribution is -2.32. The van der Waals surface area contributed by atoms with Gasteiger partial charge in [-0.3, -0.25) is 9.59 Å². The summed E-state index contributed by atoms with van der Waals surface area (Å²) in [5.74, 6) is 1.56. The first kappa shape index (κ1) is 20.7. The van der Waals surface area contributed by atoms with Crippen LogP contribution in [-0.4, -0.2) is 35.0 Å². The predicted molar refractivity (Wildman–Crippen MR) is 118 cm³/mol. The van der Waals surface area contributed by atoms with Gasteiger partial charge in [0, 0.05) is 38.1 Å². The van der Waals surface area contributed by atoms with Crippen LogP contribution in [0.15, 0.2) is 60.9 Å². The van der Waals surface area contributed by atoms with Crippen LogP contribution < -0.4 is 15.0 Å². The third-order valence-electron chi connectivity index (χ3n) is 5.56. The van der Waals surface area contributed by atoms with E-state index in [-0.39, 0.29) is 24.3 Å². The van der Waals surface area contributed by atoms with Gasteiger partial charge < -0.3 is 19.5 Å². The van der Waals surface area contributed by atoms with Crippen LogP contribution in [0.1, 0.15) is 35.8 Å². The first-order valence-electron chi connectivity index (χ1n) is 10.3. The Balaban J connectivity index is 1.48. The molecule has 1 atom stereocenters. The largest absolute Gasteiger partial charge is 0.497 e. The molecule has 0 bridgehead atoms. The van der Waals surface area contributed by atoms with Gasteiger partial charge >= 0.3 is 0 Å². The minimum atomic E-state index is -0.375. The van der Waals surface area contributed by atoms with E-state index in [9.17, 15) is 9.59 Å². The van der Waals surface area contributed by atoms with Gasteiger partial charge in [-0.05, 0) is 41.8 Å². The zero-order chi connectivity index (χ0) is 21.8. The summed E-state index contributed by atoms with van der Waals surface area (Å²) in [6.07, 6.45) is 5.31. The molecular formula is C24H26N4O3. The van der Waals surface area contributed by atoms with Crippen molar-refractivity contribution in [3.63, 3.8) is 0 Å². The van der Waals surface area contributed by atoms with Gasteiger partial charge in [0.1, 0.15) is 17.6 Å². The van der Waals surface area contributed by atoms with E-state index in [1.54, 1.807) is 18.2 Å². The molecule has 2 heterocycles. The van der Waals surface area contributed by atoms with E-state index in [0.29, 0.717) is 6.42 Å². The fourth-order valence-corrected chi connectivity index (χ4v) is 3.86. The van der Waals surface area contributed by atoms with E-state index in [0.717, 1.165) is 41.4 Å². The van der Waals surface area contributed by atoms with Gasteiger partial charge in [0.25, 0.3) is 0 Å². The Morgan fingerprint density at radius 3 is 2.48 bits per heavy atom. The molecule has 4 rings (SSSR count). The Hall–Kier alpha value is -3.61. The molecule has 7 heteroatoms. The maximum absolute atomic E-state index is 12.9. The molecule has 1 saturated heterocycles. The molecule has 1 aliphatic heterocycles. The highest BCUT2D eigenvalue weighted by Gasteiger charge is 2.23. The van der Waals surface area contributed by atoms with Crippen molar-refractivity contribution in [2.75, 3.05) is 18.6 Å². The number of aryl methyl sites for hydroxylation is 1. The van der Waals surface area contributed by atoms with Crippen molar-refractivity contribution in [2.45, 2.75) is 25.3 Å². The van der Waals surface area contributed by atoms with E-state index in [2.05, 4.69) is 10.3 Å². The number of rotatable bonds is 7. The molecule has 160 valence electrons. The molecular weight excluding hydrogens is 392 g/mol. The minimum absolute atomic E-state index is 0.103. The normalized spacial score (nSPS) is 14.5. The molecule has 0 aliphatic carbocycles. The lowest BCUT2D eigenvalue weighted by atomic mass is 10.0. The van der Waals surface area contributed by atoms with Gasteiger partial charge in [0.15, 0.2) is 0 Å². The maximum atomic E-state index is 12.9. The zero-order valence-electron chi connectivity index (χ0n) is 17.7. The smallest absolute Gasteiger partial charge is 0.227 e. The number of amides is 2. The number of ether oxygens (including phenoxy) is 1. The van der Waals surface area contributed by atoms with Crippen molar-refractivity contribution in [1.82, 2.24) is 14.9 Å². The van der Waals surface area contributed by atoms with Crippen molar-refractivity contribution < 1.29 is 14.3 Å². The van der Waals surface area contributed by atoms with Crippen molar-refractivity contribution in [3.05, 3.63) is 77.9 Å². The second kappa shape index (κ2) is 9.04. The zero-order valence-corrected chi connectivity index (χ0v) is 17.7. The summed E-state index contributed by atoms with van der Waals surface area (Å²) in [5, 5.41) is 3.11. The third-order valence-corrected chi connectivity index (χ3v) is 5.56. The maximum Gasteiger partial charge on any atom is 0.227 e. The van der Waals surface area contributed by atoms with Crippen LogP contribution in [0.25, 0.3) is 0 Å². The van der Waals surface area contributed by atoms with Gasteiger partial charge in [-0.25, -0.2) is 4.98 Å². The van der Waals surface area contributed by atoms with Gasteiger partial charge in [-0.1, -0.05) is 24.3 Å². The van der Waals surface area contributed by atoms with Crippen LogP contribution in [0.4, 0.5) is 5.69 Å². The van der Waals surface area contributed by atoms with E-state index in [4.69, 9.17) is 4.74 Å². The number of nitrogens with one attached hydrogen (secondary N) is 1. The third kappa shape index (κ3) is 4.60. The fraction of sp³-hybridized carbons (Fsp3) is 0.292. The molecule has 1 N–H and O–H groups in total. The van der Waals surface area contributed by atoms with E-state index in [1.165, 1.54) is 0 Å². The Kier molecular flexibility index (Phi) is 6.02. The summed E-state index contributed by atoms with van der Waals surface area (Å²) in [6, 6.07) is 14.9. The van der Waals surface area contributed by atoms with Crippen LogP contribution in [0.5, 0.6) is 5.75 Å². The predicted octanol–water partition coefficient (Wildman–Crippen LogP) is 3.00. The molecule has 0 spiro atoms. The van der Waals surface area contributed by atoms with Gasteiger partial charge in [0.05, 0.1) is 13.5 Å². The van der Waals surface area contributed by atoms with E-state index < -0.39 is 0 Å². The second-order valence-corrected chi connectivity index (χ2v) is 7.66. The highest BCUT2D eigenvalue weighted by Crippen LogP contribution is 2.24. The minimum Gasteiger partial charge on any atom is -0.497 e. The molecule has 3 aromatic rings. The fourth-order valence-electron chi connectivity index (χ4n) is 3.86. The molecule has 1 fully saturated rings. The molecule has 31 heavy (non-hydrogen) atoms. The molecule has 0 unspecified atom stereocenters. The molecule has 0 radical (unpaired) electrons. The SMILES string of the molecule is COc1ccc([C@@H](NC(=O)Cc2ccc(N3CCCC3=O)cc2)c2nccn2C)cc1. The number of aromatic nitrogens is 2. The first-order valence-corrected chi connectivity index (χ1v) is 10.3. The Labute approximate surface area is 181 Å². The van der Waals surface area contributed by atoms with Crippen LogP contribution in [0.3, 0.4) is 0 Å². The number of carbonyl (C=O) groups is 2. The Bertz CT molecular complexity index is 1060. The number of benzene rings is 2. The lowest BCUT2D eigenvalue weighted by molar-refractivity contribution is -0.121. The van der Waals surface area contributed by atoms with Crippen LogP contribution in [0, 0.1) is 0 Å². The highest BCUT2D eigenvalue weighted by atomic mass is 16.5.